The second-order valence-electron chi connectivity index (χ2n) is 9.45. The molecular weight excluding hydrogens is 470 g/mol. The molecule has 0 aliphatic rings. The number of esters is 2. The van der Waals surface area contributed by atoms with Crippen LogP contribution in [0.25, 0.3) is 0 Å². The molecule has 0 amide bonds. The van der Waals surface area contributed by atoms with Crippen LogP contribution in [0.5, 0.6) is 5.75 Å². The number of nitro benzene ring substituents is 1. The molecular formula is C30H41NO6. The molecule has 0 N–H and O–H groups in total. The molecule has 0 aliphatic carbocycles. The second kappa shape index (κ2) is 18.1. The van der Waals surface area contributed by atoms with Crippen molar-refractivity contribution in [2.45, 2.75) is 96.8 Å². The number of ether oxygens (including phenoxy) is 2. The SMILES string of the molecule is CCCCCCCCCCCCCCCCOC(=O)c1cccc(OC(=O)c2ccc([N+](=O)[O-])cc2)c1. The molecule has 0 fully saturated rings. The fourth-order valence-electron chi connectivity index (χ4n) is 4.12. The average Bonchev–Trinajstić information content (AvgIpc) is 2.91. The summed E-state index contributed by atoms with van der Waals surface area (Å²) in [5, 5.41) is 10.7. The number of hydrogen-bond acceptors (Lipinski definition) is 6. The number of nitrogens with zero attached hydrogens (tertiary/aromatic N) is 1. The Morgan fingerprint density at radius 3 is 1.78 bits per heavy atom. The van der Waals surface area contributed by atoms with Gasteiger partial charge in [0.2, 0.25) is 0 Å². The number of rotatable bonds is 19. The van der Waals surface area contributed by atoms with Gasteiger partial charge in [-0.15, -0.1) is 0 Å². The smallest absolute Gasteiger partial charge is 0.343 e. The van der Waals surface area contributed by atoms with E-state index in [2.05, 4.69) is 6.92 Å². The fourth-order valence-corrected chi connectivity index (χ4v) is 4.12. The first kappa shape index (κ1) is 30.0. The van der Waals surface area contributed by atoms with E-state index in [1.165, 1.54) is 101 Å². The number of non-ortho nitro benzene ring substituents is 1. The minimum absolute atomic E-state index is 0.111. The van der Waals surface area contributed by atoms with E-state index >= 15 is 0 Å². The number of carbonyl (C=O) groups excluding carboxylic acids is 2. The molecule has 0 atom stereocenters. The van der Waals surface area contributed by atoms with Crippen LogP contribution >= 0.6 is 0 Å². The summed E-state index contributed by atoms with van der Waals surface area (Å²) in [6.45, 7) is 2.62. The monoisotopic (exact) mass is 511 g/mol. The van der Waals surface area contributed by atoms with E-state index in [9.17, 15) is 19.7 Å². The zero-order chi connectivity index (χ0) is 26.7. The van der Waals surface area contributed by atoms with Crippen molar-refractivity contribution < 1.29 is 24.0 Å². The second-order valence-corrected chi connectivity index (χ2v) is 9.45. The van der Waals surface area contributed by atoms with Crippen molar-refractivity contribution in [2.24, 2.45) is 0 Å². The van der Waals surface area contributed by atoms with Gasteiger partial charge in [-0.05, 0) is 36.8 Å². The minimum atomic E-state index is -0.664. The Hall–Kier alpha value is -3.22. The van der Waals surface area contributed by atoms with Crippen molar-refractivity contribution >= 4 is 17.6 Å². The Labute approximate surface area is 220 Å². The van der Waals surface area contributed by atoms with Gasteiger partial charge in [-0.2, -0.15) is 0 Å². The normalized spacial score (nSPS) is 10.7. The van der Waals surface area contributed by atoms with E-state index in [1.807, 2.05) is 0 Å². The molecule has 0 heterocycles. The van der Waals surface area contributed by atoms with Gasteiger partial charge in [0.15, 0.2) is 0 Å². The predicted molar refractivity (Wildman–Crippen MR) is 145 cm³/mol. The van der Waals surface area contributed by atoms with Crippen LogP contribution < -0.4 is 4.74 Å². The third-order valence-corrected chi connectivity index (χ3v) is 6.33. The molecule has 0 saturated carbocycles. The quantitative estimate of drug-likeness (QED) is 0.0617. The molecule has 0 unspecified atom stereocenters. The molecule has 0 saturated heterocycles. The van der Waals surface area contributed by atoms with Gasteiger partial charge >= 0.3 is 11.9 Å². The van der Waals surface area contributed by atoms with E-state index in [0.717, 1.165) is 19.3 Å². The van der Waals surface area contributed by atoms with Gasteiger partial charge in [-0.25, -0.2) is 9.59 Å². The van der Waals surface area contributed by atoms with Crippen molar-refractivity contribution in [2.75, 3.05) is 6.61 Å². The predicted octanol–water partition coefficient (Wildman–Crippen LogP) is 8.45. The first-order chi connectivity index (χ1) is 18.0. The Balaban J connectivity index is 1.56. The number of hydrogen-bond donors (Lipinski definition) is 0. The lowest BCUT2D eigenvalue weighted by Gasteiger charge is -2.08. The summed E-state index contributed by atoms with van der Waals surface area (Å²) in [4.78, 5) is 34.9. The topological polar surface area (TPSA) is 95.7 Å². The molecule has 2 rings (SSSR count). The largest absolute Gasteiger partial charge is 0.462 e. The summed E-state index contributed by atoms with van der Waals surface area (Å²) in [5.74, 6) is -0.917. The van der Waals surface area contributed by atoms with Crippen molar-refractivity contribution in [1.82, 2.24) is 0 Å². The van der Waals surface area contributed by atoms with Crippen LogP contribution in [0.15, 0.2) is 48.5 Å². The molecule has 37 heavy (non-hydrogen) atoms. The molecule has 7 nitrogen and oxygen atoms in total. The van der Waals surface area contributed by atoms with Crippen LogP contribution in [-0.4, -0.2) is 23.5 Å². The van der Waals surface area contributed by atoms with Crippen molar-refractivity contribution in [3.63, 3.8) is 0 Å². The van der Waals surface area contributed by atoms with Gasteiger partial charge in [0.25, 0.3) is 5.69 Å². The summed E-state index contributed by atoms with van der Waals surface area (Å²) < 4.78 is 10.7. The maximum Gasteiger partial charge on any atom is 0.343 e. The van der Waals surface area contributed by atoms with Gasteiger partial charge < -0.3 is 9.47 Å². The first-order valence-corrected chi connectivity index (χ1v) is 13.7. The fraction of sp³-hybridized carbons (Fsp3) is 0.533. The van der Waals surface area contributed by atoms with Crippen molar-refractivity contribution in [3.8, 4) is 5.75 Å². The maximum atomic E-state index is 12.4. The van der Waals surface area contributed by atoms with Crippen LogP contribution in [0.1, 0.15) is 118 Å². The summed E-state index contributed by atoms with van der Waals surface area (Å²) in [6.07, 6.45) is 17.8. The van der Waals surface area contributed by atoms with E-state index in [4.69, 9.17) is 9.47 Å². The lowest BCUT2D eigenvalue weighted by atomic mass is 10.0. The summed E-state index contributed by atoms with van der Waals surface area (Å²) in [5.41, 5.74) is 0.371. The number of unbranched alkanes of at least 4 members (excludes halogenated alkanes) is 13. The van der Waals surface area contributed by atoms with Crippen molar-refractivity contribution in [1.29, 1.82) is 0 Å². The van der Waals surface area contributed by atoms with Gasteiger partial charge in [-0.1, -0.05) is 96.5 Å². The van der Waals surface area contributed by atoms with Crippen LogP contribution in [0.3, 0.4) is 0 Å². The van der Waals surface area contributed by atoms with E-state index < -0.39 is 16.9 Å². The minimum Gasteiger partial charge on any atom is -0.462 e. The van der Waals surface area contributed by atoms with E-state index in [-0.39, 0.29) is 17.0 Å². The molecule has 2 aromatic carbocycles. The standard InChI is InChI=1S/C30H41NO6/c1-2-3-4-5-6-7-8-9-10-11-12-13-14-15-23-36-29(32)26-17-16-18-28(24-26)37-30(33)25-19-21-27(22-20-25)31(34)35/h16-22,24H,2-15,23H2,1H3. The zero-order valence-electron chi connectivity index (χ0n) is 22.1. The number of carbonyl (C=O) groups is 2. The molecule has 2 aromatic rings. The molecule has 0 bridgehead atoms. The molecule has 0 aliphatic heterocycles. The van der Waals surface area contributed by atoms with E-state index in [0.29, 0.717) is 12.2 Å². The third kappa shape index (κ3) is 12.5. The Bertz CT molecular complexity index is 957. The average molecular weight is 512 g/mol. The molecule has 0 spiro atoms. The highest BCUT2D eigenvalue weighted by molar-refractivity contribution is 5.92. The zero-order valence-corrected chi connectivity index (χ0v) is 22.1. The summed E-state index contributed by atoms with van der Waals surface area (Å²) in [6, 6.07) is 11.4. The van der Waals surface area contributed by atoms with Crippen molar-refractivity contribution in [3.05, 3.63) is 69.8 Å². The highest BCUT2D eigenvalue weighted by Gasteiger charge is 2.13. The maximum absolute atomic E-state index is 12.4. The van der Waals surface area contributed by atoms with Crippen LogP contribution in [0.2, 0.25) is 0 Å². The molecule has 0 radical (unpaired) electrons. The third-order valence-electron chi connectivity index (χ3n) is 6.33. The molecule has 7 heteroatoms. The Morgan fingerprint density at radius 2 is 1.24 bits per heavy atom. The number of benzene rings is 2. The lowest BCUT2D eigenvalue weighted by Crippen LogP contribution is -2.10. The van der Waals surface area contributed by atoms with E-state index in [1.54, 1.807) is 18.2 Å². The van der Waals surface area contributed by atoms with Gasteiger partial charge in [0.05, 0.1) is 22.7 Å². The molecule has 202 valence electrons. The number of nitro groups is 1. The summed E-state index contributed by atoms with van der Waals surface area (Å²) >= 11 is 0. The Kier molecular flexibility index (Phi) is 14.7. The molecule has 0 aromatic heterocycles. The summed E-state index contributed by atoms with van der Waals surface area (Å²) in [7, 11) is 0. The highest BCUT2D eigenvalue weighted by atomic mass is 16.6. The highest BCUT2D eigenvalue weighted by Crippen LogP contribution is 2.18. The first-order valence-electron chi connectivity index (χ1n) is 13.7. The Morgan fingerprint density at radius 1 is 0.703 bits per heavy atom. The lowest BCUT2D eigenvalue weighted by molar-refractivity contribution is -0.384. The van der Waals surface area contributed by atoms with Gasteiger partial charge in [0, 0.05) is 12.1 Å². The van der Waals surface area contributed by atoms with Crippen LogP contribution in [-0.2, 0) is 4.74 Å². The van der Waals surface area contributed by atoms with Gasteiger partial charge in [-0.3, -0.25) is 10.1 Å². The van der Waals surface area contributed by atoms with Crippen LogP contribution in [0, 0.1) is 10.1 Å². The van der Waals surface area contributed by atoms with Crippen LogP contribution in [0.4, 0.5) is 5.69 Å². The van der Waals surface area contributed by atoms with Gasteiger partial charge in [0.1, 0.15) is 5.75 Å².